The number of aryl methyl sites for hydroxylation is 1. The summed E-state index contributed by atoms with van der Waals surface area (Å²) in [6.07, 6.45) is 1.79. The van der Waals surface area contributed by atoms with Crippen LogP contribution in [0.3, 0.4) is 0 Å². The fourth-order valence-electron chi connectivity index (χ4n) is 1.26. The van der Waals surface area contributed by atoms with Crippen molar-refractivity contribution in [1.29, 1.82) is 0 Å². The van der Waals surface area contributed by atoms with Gasteiger partial charge in [0.2, 0.25) is 0 Å². The third-order valence-electron chi connectivity index (χ3n) is 1.89. The van der Waals surface area contributed by atoms with E-state index in [1.165, 1.54) is 0 Å². The lowest BCUT2D eigenvalue weighted by molar-refractivity contribution is 0.159. The molecule has 0 radical (unpaired) electrons. The van der Waals surface area contributed by atoms with Gasteiger partial charge in [0, 0.05) is 26.6 Å². The van der Waals surface area contributed by atoms with Crippen LogP contribution in [0.1, 0.15) is 25.5 Å². The number of aromatic nitrogens is 3. The molecule has 0 spiro atoms. The SMILES string of the molecule is CCc1n[nH]c(CC(C)COC)n1. The zero-order chi connectivity index (χ0) is 9.68. The van der Waals surface area contributed by atoms with Crippen molar-refractivity contribution in [3.8, 4) is 0 Å². The van der Waals surface area contributed by atoms with Crippen LogP contribution >= 0.6 is 0 Å². The molecule has 0 saturated carbocycles. The second-order valence-electron chi connectivity index (χ2n) is 3.32. The largest absolute Gasteiger partial charge is 0.384 e. The summed E-state index contributed by atoms with van der Waals surface area (Å²) < 4.78 is 5.05. The summed E-state index contributed by atoms with van der Waals surface area (Å²) in [4.78, 5) is 4.33. The highest BCUT2D eigenvalue weighted by atomic mass is 16.5. The molecule has 4 heteroatoms. The molecule has 1 atom stereocenters. The van der Waals surface area contributed by atoms with Crippen LogP contribution in [0.2, 0.25) is 0 Å². The Morgan fingerprint density at radius 1 is 1.54 bits per heavy atom. The minimum atomic E-state index is 0.489. The summed E-state index contributed by atoms with van der Waals surface area (Å²) in [5.41, 5.74) is 0. The summed E-state index contributed by atoms with van der Waals surface area (Å²) in [7, 11) is 1.72. The zero-order valence-corrected chi connectivity index (χ0v) is 8.50. The minimum absolute atomic E-state index is 0.489. The molecule has 1 unspecified atom stereocenters. The van der Waals surface area contributed by atoms with Crippen molar-refractivity contribution in [2.24, 2.45) is 5.92 Å². The van der Waals surface area contributed by atoms with Crippen LogP contribution in [0.4, 0.5) is 0 Å². The Morgan fingerprint density at radius 2 is 2.31 bits per heavy atom. The second-order valence-corrected chi connectivity index (χ2v) is 3.32. The van der Waals surface area contributed by atoms with Crippen molar-refractivity contribution in [1.82, 2.24) is 15.2 Å². The van der Waals surface area contributed by atoms with Gasteiger partial charge >= 0.3 is 0 Å². The minimum Gasteiger partial charge on any atom is -0.384 e. The van der Waals surface area contributed by atoms with Gasteiger partial charge in [-0.25, -0.2) is 4.98 Å². The predicted molar refractivity (Wildman–Crippen MR) is 50.5 cm³/mol. The van der Waals surface area contributed by atoms with E-state index in [-0.39, 0.29) is 0 Å². The van der Waals surface area contributed by atoms with Crippen molar-refractivity contribution in [2.75, 3.05) is 13.7 Å². The summed E-state index contributed by atoms with van der Waals surface area (Å²) >= 11 is 0. The van der Waals surface area contributed by atoms with Gasteiger partial charge in [0.05, 0.1) is 0 Å². The molecular weight excluding hydrogens is 166 g/mol. The van der Waals surface area contributed by atoms with Gasteiger partial charge in [-0.3, -0.25) is 5.10 Å². The van der Waals surface area contributed by atoms with Crippen molar-refractivity contribution >= 4 is 0 Å². The predicted octanol–water partition coefficient (Wildman–Crippen LogP) is 1.19. The van der Waals surface area contributed by atoms with E-state index in [4.69, 9.17) is 4.74 Å². The number of nitrogens with one attached hydrogen (secondary N) is 1. The number of nitrogens with zero attached hydrogens (tertiary/aromatic N) is 2. The van der Waals surface area contributed by atoms with Gasteiger partial charge < -0.3 is 4.74 Å². The molecule has 1 rings (SSSR count). The lowest BCUT2D eigenvalue weighted by Crippen LogP contribution is -2.08. The van der Waals surface area contributed by atoms with Gasteiger partial charge in [0.1, 0.15) is 11.6 Å². The van der Waals surface area contributed by atoms with Crippen LogP contribution in [0.25, 0.3) is 0 Å². The highest BCUT2D eigenvalue weighted by molar-refractivity contribution is 4.90. The molecule has 13 heavy (non-hydrogen) atoms. The number of hydrogen-bond donors (Lipinski definition) is 1. The third-order valence-corrected chi connectivity index (χ3v) is 1.89. The fourth-order valence-corrected chi connectivity index (χ4v) is 1.26. The maximum Gasteiger partial charge on any atom is 0.150 e. The molecule has 0 amide bonds. The first-order valence-corrected chi connectivity index (χ1v) is 4.65. The molecular formula is C9H17N3O. The normalized spacial score (nSPS) is 13.2. The van der Waals surface area contributed by atoms with Gasteiger partial charge in [0.15, 0.2) is 0 Å². The molecule has 74 valence electrons. The maximum atomic E-state index is 5.05. The van der Waals surface area contributed by atoms with E-state index >= 15 is 0 Å². The van der Waals surface area contributed by atoms with Crippen molar-refractivity contribution in [3.63, 3.8) is 0 Å². The topological polar surface area (TPSA) is 50.8 Å². The quantitative estimate of drug-likeness (QED) is 0.746. The Kier molecular flexibility index (Phi) is 3.89. The van der Waals surface area contributed by atoms with E-state index in [9.17, 15) is 0 Å². The Morgan fingerprint density at radius 3 is 2.85 bits per heavy atom. The lowest BCUT2D eigenvalue weighted by atomic mass is 10.1. The number of H-pyrrole nitrogens is 1. The molecule has 1 heterocycles. The first kappa shape index (κ1) is 10.2. The highest BCUT2D eigenvalue weighted by Crippen LogP contribution is 2.04. The Labute approximate surface area is 78.7 Å². The van der Waals surface area contributed by atoms with Gasteiger partial charge in [-0.15, -0.1) is 0 Å². The molecule has 0 saturated heterocycles. The number of hydrogen-bond acceptors (Lipinski definition) is 3. The first-order chi connectivity index (χ1) is 6.26. The van der Waals surface area contributed by atoms with Crippen LogP contribution in [-0.2, 0) is 17.6 Å². The molecule has 0 bridgehead atoms. The highest BCUT2D eigenvalue weighted by Gasteiger charge is 2.06. The number of methoxy groups -OCH3 is 1. The number of aromatic amines is 1. The first-order valence-electron chi connectivity index (χ1n) is 4.65. The number of ether oxygens (including phenoxy) is 1. The van der Waals surface area contributed by atoms with Crippen LogP contribution in [0, 0.1) is 5.92 Å². The summed E-state index contributed by atoms with van der Waals surface area (Å²) in [5.74, 6) is 2.34. The van der Waals surface area contributed by atoms with Crippen molar-refractivity contribution in [3.05, 3.63) is 11.6 Å². The van der Waals surface area contributed by atoms with Crippen LogP contribution in [0.15, 0.2) is 0 Å². The molecule has 0 aliphatic rings. The van der Waals surface area contributed by atoms with Crippen molar-refractivity contribution < 1.29 is 4.74 Å². The molecule has 1 aromatic heterocycles. The molecule has 0 fully saturated rings. The monoisotopic (exact) mass is 183 g/mol. The molecule has 1 aromatic rings. The second kappa shape index (κ2) is 4.97. The molecule has 0 aromatic carbocycles. The van der Waals surface area contributed by atoms with E-state index in [0.29, 0.717) is 5.92 Å². The summed E-state index contributed by atoms with van der Waals surface area (Å²) in [6.45, 7) is 4.95. The molecule has 1 N–H and O–H groups in total. The maximum absolute atomic E-state index is 5.05. The Bertz CT molecular complexity index is 247. The van der Waals surface area contributed by atoms with Gasteiger partial charge in [-0.2, -0.15) is 5.10 Å². The van der Waals surface area contributed by atoms with Gasteiger partial charge in [-0.05, 0) is 5.92 Å². The number of rotatable bonds is 5. The average Bonchev–Trinajstić information content (AvgIpc) is 2.52. The van der Waals surface area contributed by atoms with Gasteiger partial charge in [0.25, 0.3) is 0 Å². The van der Waals surface area contributed by atoms with Crippen LogP contribution < -0.4 is 0 Å². The molecule has 4 nitrogen and oxygen atoms in total. The van der Waals surface area contributed by atoms with Crippen LogP contribution in [-0.4, -0.2) is 28.9 Å². The summed E-state index contributed by atoms with van der Waals surface area (Å²) in [5, 5.41) is 7.00. The van der Waals surface area contributed by atoms with Gasteiger partial charge in [-0.1, -0.05) is 13.8 Å². The zero-order valence-electron chi connectivity index (χ0n) is 8.50. The Balaban J connectivity index is 2.44. The Hall–Kier alpha value is -0.900. The van der Waals surface area contributed by atoms with E-state index in [2.05, 4.69) is 22.1 Å². The lowest BCUT2D eigenvalue weighted by Gasteiger charge is -2.06. The average molecular weight is 183 g/mol. The van der Waals surface area contributed by atoms with Crippen LogP contribution in [0.5, 0.6) is 0 Å². The van der Waals surface area contributed by atoms with Crippen molar-refractivity contribution in [2.45, 2.75) is 26.7 Å². The van der Waals surface area contributed by atoms with E-state index in [1.54, 1.807) is 7.11 Å². The third kappa shape index (κ3) is 3.14. The smallest absolute Gasteiger partial charge is 0.150 e. The van der Waals surface area contributed by atoms with E-state index < -0.39 is 0 Å². The molecule has 0 aliphatic heterocycles. The molecule has 0 aliphatic carbocycles. The van der Waals surface area contributed by atoms with E-state index in [0.717, 1.165) is 31.1 Å². The standard InChI is InChI=1S/C9H17N3O/c1-4-8-10-9(12-11-8)5-7(2)6-13-3/h7H,4-6H2,1-3H3,(H,10,11,12). The fraction of sp³-hybridized carbons (Fsp3) is 0.778. The summed E-state index contributed by atoms with van der Waals surface area (Å²) in [6, 6.07) is 0. The van der Waals surface area contributed by atoms with E-state index in [1.807, 2.05) is 6.92 Å².